The Labute approximate surface area is 143 Å². The Kier molecular flexibility index (Phi) is 5.48. The van der Waals surface area contributed by atoms with Gasteiger partial charge in [-0.05, 0) is 43.6 Å². The maximum absolute atomic E-state index is 6.05. The van der Waals surface area contributed by atoms with E-state index in [1.807, 2.05) is 35.1 Å². The molecule has 6 heteroatoms. The van der Waals surface area contributed by atoms with E-state index in [9.17, 15) is 0 Å². The second-order valence-electron chi connectivity index (χ2n) is 6.09. The number of nitrogens with two attached hydrogens (primary N) is 1. The van der Waals surface area contributed by atoms with Crippen molar-refractivity contribution in [1.82, 2.24) is 20.0 Å². The molecule has 0 saturated carbocycles. The summed E-state index contributed by atoms with van der Waals surface area (Å²) in [5.74, 6) is 0.508. The summed E-state index contributed by atoms with van der Waals surface area (Å²) in [6.07, 6.45) is 6.21. The fourth-order valence-corrected chi connectivity index (χ4v) is 3.27. The number of likely N-dealkylation sites (N-methyl/N-ethyl adjacent to an activating group) is 1. The SMILES string of the molecule is CCN1CCCC1CNC(N)=NCc1ccccc1-n1cccn1. The van der Waals surface area contributed by atoms with Crippen molar-refractivity contribution in [2.45, 2.75) is 32.4 Å². The van der Waals surface area contributed by atoms with Gasteiger partial charge in [0.05, 0.1) is 12.2 Å². The molecule has 1 aliphatic heterocycles. The average Bonchev–Trinajstić information content (AvgIpc) is 3.29. The lowest BCUT2D eigenvalue weighted by Gasteiger charge is -2.23. The highest BCUT2D eigenvalue weighted by atomic mass is 15.3. The van der Waals surface area contributed by atoms with Gasteiger partial charge in [0.2, 0.25) is 0 Å². The topological polar surface area (TPSA) is 71.5 Å². The fourth-order valence-electron chi connectivity index (χ4n) is 3.27. The largest absolute Gasteiger partial charge is 0.370 e. The Balaban J connectivity index is 1.59. The Bertz CT molecular complexity index is 664. The summed E-state index contributed by atoms with van der Waals surface area (Å²) in [7, 11) is 0. The molecule has 0 amide bonds. The number of benzene rings is 1. The van der Waals surface area contributed by atoms with Gasteiger partial charge in [-0.25, -0.2) is 9.67 Å². The molecule has 2 heterocycles. The second kappa shape index (κ2) is 7.97. The number of hydrogen-bond donors (Lipinski definition) is 2. The highest BCUT2D eigenvalue weighted by molar-refractivity contribution is 5.77. The Morgan fingerprint density at radius 1 is 1.38 bits per heavy atom. The molecule has 3 N–H and O–H groups in total. The maximum Gasteiger partial charge on any atom is 0.188 e. The van der Waals surface area contributed by atoms with Crippen LogP contribution in [0.3, 0.4) is 0 Å². The van der Waals surface area contributed by atoms with E-state index in [0.29, 0.717) is 18.5 Å². The number of rotatable bonds is 6. The number of nitrogens with zero attached hydrogens (tertiary/aromatic N) is 4. The zero-order chi connectivity index (χ0) is 16.8. The molecule has 1 aromatic heterocycles. The van der Waals surface area contributed by atoms with E-state index in [4.69, 9.17) is 5.73 Å². The third kappa shape index (κ3) is 3.94. The minimum absolute atomic E-state index is 0.508. The molecule has 6 nitrogen and oxygen atoms in total. The van der Waals surface area contributed by atoms with Crippen LogP contribution in [0, 0.1) is 0 Å². The first-order chi connectivity index (χ1) is 11.8. The number of aliphatic imine (C=N–C) groups is 1. The number of hydrogen-bond acceptors (Lipinski definition) is 3. The molecule has 1 aliphatic rings. The van der Waals surface area contributed by atoms with Crippen molar-refractivity contribution in [1.29, 1.82) is 0 Å². The first-order valence-corrected chi connectivity index (χ1v) is 8.63. The van der Waals surface area contributed by atoms with Crippen LogP contribution in [-0.2, 0) is 6.54 Å². The minimum atomic E-state index is 0.508. The standard InChI is InChI=1S/C18H26N6/c1-2-23-11-5-8-16(23)14-21-18(19)20-13-15-7-3-4-9-17(15)24-12-6-10-22-24/h3-4,6-7,9-10,12,16H,2,5,8,11,13-14H2,1H3,(H3,19,20,21). The molecule has 2 aromatic rings. The van der Waals surface area contributed by atoms with Gasteiger partial charge in [0, 0.05) is 25.0 Å². The number of aromatic nitrogens is 2. The van der Waals surface area contributed by atoms with Gasteiger partial charge in [-0.2, -0.15) is 5.10 Å². The van der Waals surface area contributed by atoms with Crippen molar-refractivity contribution >= 4 is 5.96 Å². The van der Waals surface area contributed by atoms with Crippen molar-refractivity contribution in [2.24, 2.45) is 10.7 Å². The quantitative estimate of drug-likeness (QED) is 0.627. The summed E-state index contributed by atoms with van der Waals surface area (Å²) in [6.45, 7) is 5.90. The normalized spacial score (nSPS) is 18.9. The summed E-state index contributed by atoms with van der Waals surface area (Å²) in [5.41, 5.74) is 8.19. The van der Waals surface area contributed by atoms with Gasteiger partial charge in [-0.3, -0.25) is 4.90 Å². The number of nitrogens with one attached hydrogen (secondary N) is 1. The van der Waals surface area contributed by atoms with Crippen molar-refractivity contribution < 1.29 is 0 Å². The van der Waals surface area contributed by atoms with Gasteiger partial charge in [-0.15, -0.1) is 0 Å². The third-order valence-corrected chi connectivity index (χ3v) is 4.59. The van der Waals surface area contributed by atoms with Gasteiger partial charge in [0.25, 0.3) is 0 Å². The van der Waals surface area contributed by atoms with Crippen LogP contribution < -0.4 is 11.1 Å². The molecular formula is C18H26N6. The molecule has 0 radical (unpaired) electrons. The van der Waals surface area contributed by atoms with Crippen LogP contribution in [0.1, 0.15) is 25.3 Å². The lowest BCUT2D eigenvalue weighted by Crippen LogP contribution is -2.42. The molecule has 0 spiro atoms. The summed E-state index contributed by atoms with van der Waals surface area (Å²) < 4.78 is 1.85. The molecule has 0 bridgehead atoms. The minimum Gasteiger partial charge on any atom is -0.370 e. The van der Waals surface area contributed by atoms with Crippen LogP contribution >= 0.6 is 0 Å². The molecule has 1 fully saturated rings. The predicted octanol–water partition coefficient (Wildman–Crippen LogP) is 1.76. The number of para-hydroxylation sites is 1. The highest BCUT2D eigenvalue weighted by Gasteiger charge is 2.22. The number of guanidine groups is 1. The van der Waals surface area contributed by atoms with Crippen LogP contribution in [0.15, 0.2) is 47.7 Å². The maximum atomic E-state index is 6.05. The van der Waals surface area contributed by atoms with E-state index in [2.05, 4.69) is 33.3 Å². The highest BCUT2D eigenvalue weighted by Crippen LogP contribution is 2.16. The van der Waals surface area contributed by atoms with Crippen LogP contribution in [0.25, 0.3) is 5.69 Å². The summed E-state index contributed by atoms with van der Waals surface area (Å²) in [4.78, 5) is 6.99. The van der Waals surface area contributed by atoms with E-state index in [-0.39, 0.29) is 0 Å². The number of likely N-dealkylation sites (tertiary alicyclic amines) is 1. The summed E-state index contributed by atoms with van der Waals surface area (Å²) >= 11 is 0. The van der Waals surface area contributed by atoms with Crippen LogP contribution in [-0.4, -0.2) is 46.3 Å². The van der Waals surface area contributed by atoms with Crippen molar-refractivity contribution in [3.63, 3.8) is 0 Å². The van der Waals surface area contributed by atoms with Gasteiger partial charge in [-0.1, -0.05) is 25.1 Å². The van der Waals surface area contributed by atoms with Crippen molar-refractivity contribution in [3.05, 3.63) is 48.3 Å². The average molecular weight is 326 g/mol. The Morgan fingerprint density at radius 3 is 3.04 bits per heavy atom. The van der Waals surface area contributed by atoms with E-state index in [0.717, 1.165) is 24.3 Å². The monoisotopic (exact) mass is 326 g/mol. The van der Waals surface area contributed by atoms with Gasteiger partial charge < -0.3 is 11.1 Å². The van der Waals surface area contributed by atoms with Gasteiger partial charge >= 0.3 is 0 Å². The van der Waals surface area contributed by atoms with Crippen molar-refractivity contribution in [3.8, 4) is 5.69 Å². The molecule has 3 rings (SSSR count). The molecule has 1 atom stereocenters. The molecule has 0 aliphatic carbocycles. The molecular weight excluding hydrogens is 300 g/mol. The van der Waals surface area contributed by atoms with Crippen molar-refractivity contribution in [2.75, 3.05) is 19.6 Å². The molecule has 24 heavy (non-hydrogen) atoms. The second-order valence-corrected chi connectivity index (χ2v) is 6.09. The molecule has 1 aromatic carbocycles. The van der Waals surface area contributed by atoms with E-state index >= 15 is 0 Å². The fraction of sp³-hybridized carbons (Fsp3) is 0.444. The lowest BCUT2D eigenvalue weighted by atomic mass is 10.2. The van der Waals surface area contributed by atoms with Gasteiger partial charge in [0.1, 0.15) is 0 Å². The van der Waals surface area contributed by atoms with Gasteiger partial charge in [0.15, 0.2) is 5.96 Å². The first-order valence-electron chi connectivity index (χ1n) is 8.63. The van der Waals surface area contributed by atoms with E-state index in [1.165, 1.54) is 19.4 Å². The zero-order valence-corrected chi connectivity index (χ0v) is 14.2. The summed E-state index contributed by atoms with van der Waals surface area (Å²) in [6, 6.07) is 10.6. The Hall–Kier alpha value is -2.34. The third-order valence-electron chi connectivity index (χ3n) is 4.59. The molecule has 1 unspecified atom stereocenters. The van der Waals surface area contributed by atoms with Crippen LogP contribution in [0.5, 0.6) is 0 Å². The molecule has 128 valence electrons. The zero-order valence-electron chi connectivity index (χ0n) is 14.2. The smallest absolute Gasteiger partial charge is 0.188 e. The van der Waals surface area contributed by atoms with Crippen LogP contribution in [0.4, 0.5) is 0 Å². The van der Waals surface area contributed by atoms with E-state index < -0.39 is 0 Å². The molecule has 1 saturated heterocycles. The predicted molar refractivity (Wildman–Crippen MR) is 97.2 cm³/mol. The van der Waals surface area contributed by atoms with Crippen LogP contribution in [0.2, 0.25) is 0 Å². The Morgan fingerprint density at radius 2 is 2.25 bits per heavy atom. The first kappa shape index (κ1) is 16.5. The van der Waals surface area contributed by atoms with E-state index in [1.54, 1.807) is 6.20 Å². The lowest BCUT2D eigenvalue weighted by molar-refractivity contribution is 0.267. The summed E-state index contributed by atoms with van der Waals surface area (Å²) in [5, 5.41) is 7.57.